The van der Waals surface area contributed by atoms with E-state index in [1.807, 2.05) is 11.3 Å². The molecule has 2 rings (SSSR count). The number of aromatic nitrogens is 1. The maximum Gasteiger partial charge on any atom is 0.0985 e. The van der Waals surface area contributed by atoms with Gasteiger partial charge in [-0.2, -0.15) is 11.3 Å². The van der Waals surface area contributed by atoms with Crippen molar-refractivity contribution in [3.63, 3.8) is 0 Å². The van der Waals surface area contributed by atoms with E-state index in [-0.39, 0.29) is 5.41 Å². The molecule has 0 aliphatic rings. The highest BCUT2D eigenvalue weighted by molar-refractivity contribution is 7.12. The van der Waals surface area contributed by atoms with Crippen molar-refractivity contribution < 1.29 is 0 Å². The van der Waals surface area contributed by atoms with Gasteiger partial charge in [0.15, 0.2) is 0 Å². The molecule has 0 amide bonds. The molecule has 0 aromatic carbocycles. The normalized spacial score (nSPS) is 15.3. The predicted molar refractivity (Wildman–Crippen MR) is 89.8 cm³/mol. The third kappa shape index (κ3) is 3.48. The second-order valence-electron chi connectivity index (χ2n) is 6.39. The molecule has 0 radical (unpaired) electrons. The van der Waals surface area contributed by atoms with Crippen molar-refractivity contribution in [2.45, 2.75) is 59.0 Å². The van der Waals surface area contributed by atoms with Crippen molar-refractivity contribution in [3.8, 4) is 0 Å². The van der Waals surface area contributed by atoms with E-state index in [1.54, 1.807) is 11.3 Å². The summed E-state index contributed by atoms with van der Waals surface area (Å²) in [5.74, 6) is 0. The number of hydrogen-bond acceptors (Lipinski definition) is 4. The Morgan fingerprint density at radius 1 is 1.20 bits per heavy atom. The zero-order chi connectivity index (χ0) is 14.9. The summed E-state index contributed by atoms with van der Waals surface area (Å²) in [4.78, 5) is 6.11. The maximum atomic E-state index is 4.75. The van der Waals surface area contributed by atoms with Crippen LogP contribution in [-0.2, 0) is 5.41 Å². The van der Waals surface area contributed by atoms with Crippen LogP contribution in [-0.4, -0.2) is 4.98 Å². The van der Waals surface area contributed by atoms with Crippen LogP contribution in [0.2, 0.25) is 0 Å². The average molecular weight is 309 g/mol. The second-order valence-corrected chi connectivity index (χ2v) is 8.20. The monoisotopic (exact) mass is 308 g/mol. The molecule has 20 heavy (non-hydrogen) atoms. The summed E-state index contributed by atoms with van der Waals surface area (Å²) in [6.45, 7) is 13.2. The molecule has 2 atom stereocenters. The first-order valence-electron chi connectivity index (χ1n) is 7.05. The van der Waals surface area contributed by atoms with Gasteiger partial charge in [0, 0.05) is 22.4 Å². The average Bonchev–Trinajstić information content (AvgIpc) is 2.95. The molecule has 2 nitrogen and oxygen atoms in total. The summed E-state index contributed by atoms with van der Waals surface area (Å²) in [7, 11) is 0. The summed E-state index contributed by atoms with van der Waals surface area (Å²) in [5, 5.41) is 9.25. The van der Waals surface area contributed by atoms with E-state index in [0.29, 0.717) is 12.1 Å². The Bertz CT molecular complexity index is 550. The van der Waals surface area contributed by atoms with Crippen LogP contribution in [0.5, 0.6) is 0 Å². The lowest BCUT2D eigenvalue weighted by Crippen LogP contribution is -2.21. The number of thiazole rings is 1. The number of rotatable bonds is 4. The standard InChI is InChI=1S/C16H24N2S2/c1-10(13-7-8-19-9-13)17-11(2)14-12(3)18-15(20-14)16(4,5)6/h7-11,17H,1-6H3. The van der Waals surface area contributed by atoms with Crippen LogP contribution in [0.4, 0.5) is 0 Å². The minimum Gasteiger partial charge on any atom is -0.303 e. The van der Waals surface area contributed by atoms with E-state index in [1.165, 1.54) is 15.4 Å². The lowest BCUT2D eigenvalue weighted by molar-refractivity contribution is 0.499. The molecule has 110 valence electrons. The topological polar surface area (TPSA) is 24.9 Å². The largest absolute Gasteiger partial charge is 0.303 e. The molecular weight excluding hydrogens is 284 g/mol. The summed E-state index contributed by atoms with van der Waals surface area (Å²) >= 11 is 3.59. The van der Waals surface area contributed by atoms with E-state index in [4.69, 9.17) is 4.98 Å². The van der Waals surface area contributed by atoms with Crippen LogP contribution in [0.1, 0.15) is 67.8 Å². The van der Waals surface area contributed by atoms with Crippen molar-refractivity contribution in [2.75, 3.05) is 0 Å². The zero-order valence-corrected chi connectivity index (χ0v) is 14.8. The fourth-order valence-electron chi connectivity index (χ4n) is 2.20. The van der Waals surface area contributed by atoms with Crippen LogP contribution in [0.3, 0.4) is 0 Å². The molecule has 0 spiro atoms. The number of aryl methyl sites for hydroxylation is 1. The summed E-state index contributed by atoms with van der Waals surface area (Å²) < 4.78 is 0. The smallest absolute Gasteiger partial charge is 0.0985 e. The van der Waals surface area contributed by atoms with Crippen LogP contribution in [0, 0.1) is 6.92 Å². The number of nitrogens with zero attached hydrogens (tertiary/aromatic N) is 1. The van der Waals surface area contributed by atoms with Crippen LogP contribution in [0.15, 0.2) is 16.8 Å². The van der Waals surface area contributed by atoms with Gasteiger partial charge >= 0.3 is 0 Å². The molecule has 0 aliphatic heterocycles. The van der Waals surface area contributed by atoms with E-state index < -0.39 is 0 Å². The highest BCUT2D eigenvalue weighted by Gasteiger charge is 2.23. The van der Waals surface area contributed by atoms with Crippen LogP contribution in [0.25, 0.3) is 0 Å². The molecule has 0 saturated carbocycles. The molecule has 2 aromatic heterocycles. The molecule has 2 heterocycles. The first kappa shape index (κ1) is 15.7. The van der Waals surface area contributed by atoms with Gasteiger partial charge in [0.25, 0.3) is 0 Å². The molecule has 0 saturated heterocycles. The molecule has 4 heteroatoms. The molecule has 0 aliphatic carbocycles. The Hall–Kier alpha value is -0.710. The molecular formula is C16H24N2S2. The minimum absolute atomic E-state index is 0.131. The Balaban J connectivity index is 2.13. The first-order chi connectivity index (χ1) is 9.29. The van der Waals surface area contributed by atoms with Gasteiger partial charge in [-0.25, -0.2) is 4.98 Å². The highest BCUT2D eigenvalue weighted by Crippen LogP contribution is 2.33. The van der Waals surface area contributed by atoms with Gasteiger partial charge in [-0.15, -0.1) is 11.3 Å². The zero-order valence-electron chi connectivity index (χ0n) is 13.2. The van der Waals surface area contributed by atoms with Gasteiger partial charge in [-0.1, -0.05) is 20.8 Å². The quantitative estimate of drug-likeness (QED) is 0.837. The van der Waals surface area contributed by atoms with Gasteiger partial charge in [0.2, 0.25) is 0 Å². The van der Waals surface area contributed by atoms with E-state index in [2.05, 4.69) is 63.7 Å². The summed E-state index contributed by atoms with van der Waals surface area (Å²) in [5.41, 5.74) is 2.66. The Kier molecular flexibility index (Phi) is 4.67. The molecule has 2 aromatic rings. The minimum atomic E-state index is 0.131. The van der Waals surface area contributed by atoms with Crippen molar-refractivity contribution in [1.29, 1.82) is 0 Å². The fourth-order valence-corrected chi connectivity index (χ4v) is 4.09. The Labute approximate surface area is 130 Å². The van der Waals surface area contributed by atoms with Crippen molar-refractivity contribution in [1.82, 2.24) is 10.3 Å². The van der Waals surface area contributed by atoms with E-state index in [0.717, 1.165) is 5.69 Å². The van der Waals surface area contributed by atoms with Crippen molar-refractivity contribution in [2.24, 2.45) is 0 Å². The molecule has 0 bridgehead atoms. The maximum absolute atomic E-state index is 4.75. The van der Waals surface area contributed by atoms with Crippen molar-refractivity contribution >= 4 is 22.7 Å². The van der Waals surface area contributed by atoms with Crippen LogP contribution < -0.4 is 5.32 Å². The Morgan fingerprint density at radius 3 is 2.40 bits per heavy atom. The number of hydrogen-bond donors (Lipinski definition) is 1. The van der Waals surface area contributed by atoms with Gasteiger partial charge in [-0.3, -0.25) is 0 Å². The van der Waals surface area contributed by atoms with Gasteiger partial charge in [0.05, 0.1) is 10.7 Å². The third-order valence-electron chi connectivity index (χ3n) is 3.41. The van der Waals surface area contributed by atoms with Crippen molar-refractivity contribution in [3.05, 3.63) is 38.0 Å². The highest BCUT2D eigenvalue weighted by atomic mass is 32.1. The molecule has 0 fully saturated rings. The third-order valence-corrected chi connectivity index (χ3v) is 5.88. The number of thiophene rings is 1. The second kappa shape index (κ2) is 5.96. The first-order valence-corrected chi connectivity index (χ1v) is 8.81. The van der Waals surface area contributed by atoms with Gasteiger partial charge in [0.1, 0.15) is 0 Å². The fraction of sp³-hybridized carbons (Fsp3) is 0.562. The van der Waals surface area contributed by atoms with Crippen LogP contribution >= 0.6 is 22.7 Å². The summed E-state index contributed by atoms with van der Waals surface area (Å²) in [6.07, 6.45) is 0. The molecule has 2 unspecified atom stereocenters. The van der Waals surface area contributed by atoms with E-state index >= 15 is 0 Å². The van der Waals surface area contributed by atoms with E-state index in [9.17, 15) is 0 Å². The lowest BCUT2D eigenvalue weighted by Gasteiger charge is -2.19. The Morgan fingerprint density at radius 2 is 1.90 bits per heavy atom. The SMILES string of the molecule is Cc1nc(C(C)(C)C)sc1C(C)NC(C)c1ccsc1. The van der Waals surface area contributed by atoms with Gasteiger partial charge in [-0.05, 0) is 43.2 Å². The predicted octanol–water partition coefficient (Wildman–Crippen LogP) is 5.22. The summed E-state index contributed by atoms with van der Waals surface area (Å²) in [6, 6.07) is 2.89. The number of nitrogens with one attached hydrogen (secondary N) is 1. The van der Waals surface area contributed by atoms with Gasteiger partial charge < -0.3 is 5.32 Å². The lowest BCUT2D eigenvalue weighted by atomic mass is 9.98. The molecule has 1 N–H and O–H groups in total.